The van der Waals surface area contributed by atoms with Crippen molar-refractivity contribution in [2.45, 2.75) is 39.7 Å². The molecule has 0 fully saturated rings. The fourth-order valence-corrected chi connectivity index (χ4v) is 3.44. The van der Waals surface area contributed by atoms with Crippen LogP contribution < -0.4 is 10.1 Å². The average Bonchev–Trinajstić information content (AvgIpc) is 3.09. The molecular weight excluding hydrogens is 344 g/mol. The van der Waals surface area contributed by atoms with E-state index < -0.39 is 0 Å². The van der Waals surface area contributed by atoms with Crippen molar-refractivity contribution in [1.82, 2.24) is 14.5 Å². The number of imidazole rings is 1. The van der Waals surface area contributed by atoms with Crippen LogP contribution in [0.2, 0.25) is 0 Å². The van der Waals surface area contributed by atoms with Gasteiger partial charge in [-0.3, -0.25) is 9.59 Å². The molecule has 27 heavy (non-hydrogen) atoms. The smallest absolute Gasteiger partial charge is 0.291 e. The zero-order valence-electron chi connectivity index (χ0n) is 16.1. The molecule has 7 nitrogen and oxygen atoms in total. The molecule has 1 aromatic carbocycles. The number of carbonyl (C=O) groups is 2. The molecule has 0 aliphatic carbocycles. The Balaban J connectivity index is 1.93. The molecule has 0 atom stereocenters. The lowest BCUT2D eigenvalue weighted by atomic mass is 10.1. The number of rotatable bonds is 6. The number of methoxy groups -OCH3 is 1. The van der Waals surface area contributed by atoms with Crippen LogP contribution in [0, 0.1) is 0 Å². The van der Waals surface area contributed by atoms with E-state index in [1.54, 1.807) is 24.1 Å². The van der Waals surface area contributed by atoms with Crippen LogP contribution in [0.5, 0.6) is 5.75 Å². The van der Waals surface area contributed by atoms with Gasteiger partial charge in [-0.1, -0.05) is 6.07 Å². The van der Waals surface area contributed by atoms with Gasteiger partial charge in [-0.25, -0.2) is 4.98 Å². The molecule has 0 spiro atoms. The van der Waals surface area contributed by atoms with Crippen molar-refractivity contribution in [3.8, 4) is 5.75 Å². The summed E-state index contributed by atoms with van der Waals surface area (Å²) in [4.78, 5) is 31.9. The van der Waals surface area contributed by atoms with Gasteiger partial charge in [0.25, 0.3) is 11.8 Å². The summed E-state index contributed by atoms with van der Waals surface area (Å²) in [6.45, 7) is 5.83. The minimum absolute atomic E-state index is 0.105. The molecule has 0 bridgehead atoms. The Hall–Kier alpha value is -2.83. The second-order valence-corrected chi connectivity index (χ2v) is 6.50. The molecule has 0 saturated carbocycles. The van der Waals surface area contributed by atoms with Crippen LogP contribution >= 0.6 is 0 Å². The van der Waals surface area contributed by atoms with Gasteiger partial charge in [0.05, 0.1) is 12.8 Å². The van der Waals surface area contributed by atoms with E-state index in [4.69, 9.17) is 4.74 Å². The number of ether oxygens (including phenoxy) is 1. The Labute approximate surface area is 159 Å². The first-order valence-corrected chi connectivity index (χ1v) is 9.43. The van der Waals surface area contributed by atoms with Crippen molar-refractivity contribution in [2.75, 3.05) is 25.5 Å². The van der Waals surface area contributed by atoms with E-state index in [0.717, 1.165) is 25.0 Å². The summed E-state index contributed by atoms with van der Waals surface area (Å²) in [5.74, 6) is 0.537. The highest BCUT2D eigenvalue weighted by atomic mass is 16.5. The molecule has 1 aliphatic heterocycles. The monoisotopic (exact) mass is 370 g/mol. The van der Waals surface area contributed by atoms with E-state index in [2.05, 4.69) is 10.3 Å². The quantitative estimate of drug-likeness (QED) is 0.848. The average molecular weight is 370 g/mol. The lowest BCUT2D eigenvalue weighted by Crippen LogP contribution is -2.31. The normalized spacial score (nSPS) is 13.0. The number of hydrogen-bond donors (Lipinski definition) is 1. The maximum atomic E-state index is 12.9. The zero-order valence-corrected chi connectivity index (χ0v) is 16.1. The first-order chi connectivity index (χ1) is 13.1. The van der Waals surface area contributed by atoms with Gasteiger partial charge in [-0.2, -0.15) is 0 Å². The molecule has 0 radical (unpaired) electrons. The largest absolute Gasteiger partial charge is 0.497 e. The summed E-state index contributed by atoms with van der Waals surface area (Å²) in [6.07, 6.45) is 2.74. The summed E-state index contributed by atoms with van der Waals surface area (Å²) >= 11 is 0. The number of fused-ring (bicyclic) bond motifs is 1. The second-order valence-electron chi connectivity index (χ2n) is 6.50. The van der Waals surface area contributed by atoms with E-state index in [1.807, 2.05) is 30.5 Å². The maximum absolute atomic E-state index is 12.9. The van der Waals surface area contributed by atoms with Crippen molar-refractivity contribution >= 4 is 17.5 Å². The molecule has 0 saturated heterocycles. The van der Waals surface area contributed by atoms with Crippen molar-refractivity contribution < 1.29 is 14.3 Å². The van der Waals surface area contributed by atoms with Crippen LogP contribution in [0.4, 0.5) is 5.69 Å². The minimum Gasteiger partial charge on any atom is -0.497 e. The molecule has 2 aromatic rings. The van der Waals surface area contributed by atoms with E-state index in [9.17, 15) is 9.59 Å². The highest BCUT2D eigenvalue weighted by Gasteiger charge is 2.29. The third-order valence-electron chi connectivity index (χ3n) is 4.90. The van der Waals surface area contributed by atoms with Gasteiger partial charge in [0.2, 0.25) is 0 Å². The first kappa shape index (κ1) is 18.9. The van der Waals surface area contributed by atoms with Crippen molar-refractivity contribution in [2.24, 2.45) is 0 Å². The van der Waals surface area contributed by atoms with E-state index >= 15 is 0 Å². The molecule has 2 amide bonds. The predicted octanol–water partition coefficient (Wildman–Crippen LogP) is 2.96. The Morgan fingerprint density at radius 1 is 1.26 bits per heavy atom. The van der Waals surface area contributed by atoms with Crippen LogP contribution in [-0.2, 0) is 13.0 Å². The number of amides is 2. The van der Waals surface area contributed by atoms with Crippen LogP contribution in [0.1, 0.15) is 53.5 Å². The number of aromatic nitrogens is 2. The zero-order chi connectivity index (χ0) is 19.4. The van der Waals surface area contributed by atoms with Crippen LogP contribution in [-0.4, -0.2) is 46.5 Å². The van der Waals surface area contributed by atoms with Crippen LogP contribution in [0.3, 0.4) is 0 Å². The molecule has 0 unspecified atom stereocenters. The molecule has 2 heterocycles. The van der Waals surface area contributed by atoms with Gasteiger partial charge in [-0.15, -0.1) is 0 Å². The van der Waals surface area contributed by atoms with Crippen molar-refractivity contribution in [3.63, 3.8) is 0 Å². The molecule has 1 aliphatic rings. The number of anilines is 1. The number of carbonyl (C=O) groups excluding carboxylic acids is 2. The molecular formula is C20H26N4O3. The van der Waals surface area contributed by atoms with Gasteiger partial charge in [0, 0.05) is 31.4 Å². The van der Waals surface area contributed by atoms with E-state index in [1.165, 1.54) is 0 Å². The highest BCUT2D eigenvalue weighted by molar-refractivity contribution is 6.03. The molecule has 7 heteroatoms. The van der Waals surface area contributed by atoms with E-state index in [-0.39, 0.29) is 11.8 Å². The Morgan fingerprint density at radius 2 is 2.04 bits per heavy atom. The Bertz CT molecular complexity index is 840. The van der Waals surface area contributed by atoms with Crippen molar-refractivity contribution in [1.29, 1.82) is 0 Å². The fourth-order valence-electron chi connectivity index (χ4n) is 3.44. The Morgan fingerprint density at radius 3 is 2.74 bits per heavy atom. The summed E-state index contributed by atoms with van der Waals surface area (Å²) in [6, 6.07) is 7.17. The SMILES string of the molecule is CCN(CC)C(=O)c1nc(C(=O)Nc2cccc(OC)c2)n2c1CCCC2. The molecule has 1 aromatic heterocycles. The fraction of sp³-hybridized carbons (Fsp3) is 0.450. The number of benzene rings is 1. The first-order valence-electron chi connectivity index (χ1n) is 9.43. The summed E-state index contributed by atoms with van der Waals surface area (Å²) in [5.41, 5.74) is 1.91. The second kappa shape index (κ2) is 8.24. The Kier molecular flexibility index (Phi) is 5.78. The van der Waals surface area contributed by atoms with Gasteiger partial charge in [-0.05, 0) is 45.2 Å². The lowest BCUT2D eigenvalue weighted by molar-refractivity contribution is 0.0766. The minimum atomic E-state index is -0.315. The highest BCUT2D eigenvalue weighted by Crippen LogP contribution is 2.24. The van der Waals surface area contributed by atoms with Gasteiger partial charge < -0.3 is 19.5 Å². The maximum Gasteiger partial charge on any atom is 0.291 e. The van der Waals surface area contributed by atoms with E-state index in [0.29, 0.717) is 42.6 Å². The lowest BCUT2D eigenvalue weighted by Gasteiger charge is -2.20. The van der Waals surface area contributed by atoms with Crippen molar-refractivity contribution in [3.05, 3.63) is 41.5 Å². The van der Waals surface area contributed by atoms with Gasteiger partial charge in [0.1, 0.15) is 11.4 Å². The van der Waals surface area contributed by atoms with Crippen LogP contribution in [0.15, 0.2) is 24.3 Å². The topological polar surface area (TPSA) is 76.5 Å². The standard InChI is InChI=1S/C20H26N4O3/c1-4-23(5-2)20(26)17-16-11-6-7-12-24(16)18(22-17)19(25)21-14-9-8-10-15(13-14)27-3/h8-10,13H,4-7,11-12H2,1-3H3,(H,21,25). The van der Waals surface area contributed by atoms with Crippen LogP contribution in [0.25, 0.3) is 0 Å². The van der Waals surface area contributed by atoms with Gasteiger partial charge in [0.15, 0.2) is 5.82 Å². The summed E-state index contributed by atoms with van der Waals surface area (Å²) < 4.78 is 7.10. The third-order valence-corrected chi connectivity index (χ3v) is 4.90. The summed E-state index contributed by atoms with van der Waals surface area (Å²) in [5, 5.41) is 2.87. The molecule has 3 rings (SSSR count). The van der Waals surface area contributed by atoms with Gasteiger partial charge >= 0.3 is 0 Å². The number of nitrogens with one attached hydrogen (secondary N) is 1. The molecule has 1 N–H and O–H groups in total. The number of nitrogens with zero attached hydrogens (tertiary/aromatic N) is 3. The number of hydrogen-bond acceptors (Lipinski definition) is 4. The molecule has 144 valence electrons. The summed E-state index contributed by atoms with van der Waals surface area (Å²) in [7, 11) is 1.58. The predicted molar refractivity (Wildman–Crippen MR) is 103 cm³/mol. The third kappa shape index (κ3) is 3.82.